The largest absolute Gasteiger partial charge is 0.396 e. The lowest BCUT2D eigenvalue weighted by Crippen LogP contribution is -2.66. The van der Waals surface area contributed by atoms with Crippen LogP contribution in [-0.4, -0.2) is 28.2 Å². The second-order valence-electron chi connectivity index (χ2n) is 9.40. The molecule has 0 radical (unpaired) electrons. The number of hydrogen-bond acceptors (Lipinski definition) is 3. The van der Waals surface area contributed by atoms with Gasteiger partial charge in [0.15, 0.2) is 5.78 Å². The molecule has 130 valence electrons. The quantitative estimate of drug-likeness (QED) is 0.766. The summed E-state index contributed by atoms with van der Waals surface area (Å²) in [5, 5.41) is 21.4. The summed E-state index contributed by atoms with van der Waals surface area (Å²) in [5.74, 6) is 0.194. The zero-order chi connectivity index (χ0) is 17.1. The number of hydrogen-bond donors (Lipinski definition) is 2. The van der Waals surface area contributed by atoms with Crippen molar-refractivity contribution in [2.75, 3.05) is 6.61 Å². The summed E-state index contributed by atoms with van der Waals surface area (Å²) in [5.41, 5.74) is -1.61. The van der Waals surface area contributed by atoms with Crippen LogP contribution in [0.1, 0.15) is 65.7 Å². The first-order chi connectivity index (χ1) is 10.6. The van der Waals surface area contributed by atoms with Crippen molar-refractivity contribution in [1.29, 1.82) is 0 Å². The molecule has 3 nitrogen and oxygen atoms in total. The number of carbonyl (C=O) groups is 1. The van der Waals surface area contributed by atoms with Crippen molar-refractivity contribution < 1.29 is 15.0 Å². The standard InChI is InChI=1S/C20H32O3/c1-5-17(2)10-7-14-19(4)9-6-8-18(3,13-21)15(19)11-16(22)20(14,23)12-17/h5,14-15,21,23H,1,6-13H2,2-4H3/t14-,15+,17+,18+,19-,20-/m1/s1. The van der Waals surface area contributed by atoms with Crippen molar-refractivity contribution in [3.63, 3.8) is 0 Å². The highest BCUT2D eigenvalue weighted by atomic mass is 16.3. The zero-order valence-electron chi connectivity index (χ0n) is 14.9. The number of aliphatic hydroxyl groups is 2. The minimum atomic E-state index is -1.21. The Morgan fingerprint density at radius 1 is 1.22 bits per heavy atom. The predicted molar refractivity (Wildman–Crippen MR) is 90.9 cm³/mol. The molecule has 2 N–H and O–H groups in total. The van der Waals surface area contributed by atoms with Gasteiger partial charge >= 0.3 is 0 Å². The van der Waals surface area contributed by atoms with Crippen LogP contribution in [0, 0.1) is 28.1 Å². The fraction of sp³-hybridized carbons (Fsp3) is 0.850. The average molecular weight is 320 g/mol. The molecular formula is C20H32O3. The van der Waals surface area contributed by atoms with Crippen LogP contribution in [0.15, 0.2) is 12.7 Å². The minimum Gasteiger partial charge on any atom is -0.396 e. The lowest BCUT2D eigenvalue weighted by atomic mass is 9.41. The summed E-state index contributed by atoms with van der Waals surface area (Å²) >= 11 is 0. The molecular weight excluding hydrogens is 288 g/mol. The van der Waals surface area contributed by atoms with Gasteiger partial charge in [0.1, 0.15) is 5.60 Å². The second kappa shape index (κ2) is 5.16. The number of Topliss-reactive ketones (excluding diaryl/α,β-unsaturated/α-hetero) is 1. The molecule has 23 heavy (non-hydrogen) atoms. The smallest absolute Gasteiger partial charge is 0.164 e. The van der Waals surface area contributed by atoms with Crippen LogP contribution in [0.3, 0.4) is 0 Å². The van der Waals surface area contributed by atoms with Gasteiger partial charge < -0.3 is 10.2 Å². The Morgan fingerprint density at radius 2 is 1.91 bits per heavy atom. The molecule has 0 spiro atoms. The van der Waals surface area contributed by atoms with E-state index < -0.39 is 5.60 Å². The molecule has 3 aliphatic rings. The van der Waals surface area contributed by atoms with Crippen LogP contribution in [0.2, 0.25) is 0 Å². The highest BCUT2D eigenvalue weighted by molar-refractivity contribution is 5.89. The number of rotatable bonds is 2. The van der Waals surface area contributed by atoms with Crippen LogP contribution in [0.5, 0.6) is 0 Å². The Labute approximate surface area is 140 Å². The van der Waals surface area contributed by atoms with Gasteiger partial charge in [-0.1, -0.05) is 33.3 Å². The van der Waals surface area contributed by atoms with Crippen molar-refractivity contribution in [2.45, 2.75) is 71.3 Å². The molecule has 0 aromatic carbocycles. The predicted octanol–water partition coefficient (Wildman–Crippen LogP) is 3.49. The van der Waals surface area contributed by atoms with Gasteiger partial charge in [-0.25, -0.2) is 0 Å². The lowest BCUT2D eigenvalue weighted by Gasteiger charge is -2.63. The van der Waals surface area contributed by atoms with Crippen LogP contribution >= 0.6 is 0 Å². The molecule has 3 fully saturated rings. The first-order valence-electron chi connectivity index (χ1n) is 9.14. The molecule has 0 bridgehead atoms. The molecule has 3 saturated carbocycles. The maximum absolute atomic E-state index is 13.0. The number of ketones is 1. The van der Waals surface area contributed by atoms with E-state index in [2.05, 4.69) is 27.4 Å². The molecule has 0 aromatic rings. The Morgan fingerprint density at radius 3 is 2.52 bits per heavy atom. The van der Waals surface area contributed by atoms with Crippen molar-refractivity contribution >= 4 is 5.78 Å². The van der Waals surface area contributed by atoms with Gasteiger partial charge in [-0.15, -0.1) is 6.58 Å². The van der Waals surface area contributed by atoms with E-state index in [-0.39, 0.29) is 40.5 Å². The summed E-state index contributed by atoms with van der Waals surface area (Å²) in [6.45, 7) is 10.6. The molecule has 0 aliphatic heterocycles. The summed E-state index contributed by atoms with van der Waals surface area (Å²) in [7, 11) is 0. The molecule has 0 saturated heterocycles. The molecule has 0 heterocycles. The fourth-order valence-electron chi connectivity index (χ4n) is 6.35. The summed E-state index contributed by atoms with van der Waals surface area (Å²) in [6, 6.07) is 0. The summed E-state index contributed by atoms with van der Waals surface area (Å²) in [4.78, 5) is 13.0. The minimum absolute atomic E-state index is 0.000625. The van der Waals surface area contributed by atoms with Gasteiger partial charge in [0.25, 0.3) is 0 Å². The number of allylic oxidation sites excluding steroid dienone is 1. The third kappa shape index (κ3) is 2.26. The maximum atomic E-state index is 13.0. The van der Waals surface area contributed by atoms with Gasteiger partial charge in [-0.3, -0.25) is 4.79 Å². The Balaban J connectivity index is 2.03. The Hall–Kier alpha value is -0.670. The monoisotopic (exact) mass is 320 g/mol. The van der Waals surface area contributed by atoms with E-state index in [4.69, 9.17) is 0 Å². The maximum Gasteiger partial charge on any atom is 0.164 e. The van der Waals surface area contributed by atoms with E-state index in [1.807, 2.05) is 6.08 Å². The number of fused-ring (bicyclic) bond motifs is 3. The van der Waals surface area contributed by atoms with Gasteiger partial charge in [0, 0.05) is 18.9 Å². The van der Waals surface area contributed by atoms with Gasteiger partial charge in [0.2, 0.25) is 0 Å². The summed E-state index contributed by atoms with van der Waals surface area (Å²) in [6.07, 6.45) is 7.79. The summed E-state index contributed by atoms with van der Waals surface area (Å²) < 4.78 is 0. The van der Waals surface area contributed by atoms with Crippen molar-refractivity contribution in [3.8, 4) is 0 Å². The molecule has 3 heteroatoms. The fourth-order valence-corrected chi connectivity index (χ4v) is 6.35. The van der Waals surface area contributed by atoms with E-state index >= 15 is 0 Å². The topological polar surface area (TPSA) is 57.5 Å². The normalized spacial score (nSPS) is 53.3. The van der Waals surface area contributed by atoms with E-state index in [0.717, 1.165) is 32.1 Å². The van der Waals surface area contributed by atoms with E-state index in [0.29, 0.717) is 12.8 Å². The van der Waals surface area contributed by atoms with Crippen molar-refractivity contribution in [1.82, 2.24) is 0 Å². The number of carbonyl (C=O) groups excluding carboxylic acids is 1. The van der Waals surface area contributed by atoms with E-state index in [1.165, 1.54) is 0 Å². The van der Waals surface area contributed by atoms with Crippen LogP contribution < -0.4 is 0 Å². The number of aliphatic hydroxyl groups excluding tert-OH is 1. The van der Waals surface area contributed by atoms with Crippen LogP contribution in [0.25, 0.3) is 0 Å². The third-order valence-electron chi connectivity index (χ3n) is 7.88. The van der Waals surface area contributed by atoms with E-state index in [1.54, 1.807) is 0 Å². The van der Waals surface area contributed by atoms with Crippen molar-refractivity contribution in [3.05, 3.63) is 12.7 Å². The zero-order valence-corrected chi connectivity index (χ0v) is 14.9. The van der Waals surface area contributed by atoms with Crippen LogP contribution in [-0.2, 0) is 4.79 Å². The SMILES string of the molecule is C=C[C@@]1(C)CC[C@@H]2[C@@]3(C)CCC[C@@](C)(CO)[C@@H]3CC(=O)[C@@]2(O)C1. The molecule has 3 rings (SSSR count). The first kappa shape index (κ1) is 17.2. The molecule has 0 amide bonds. The highest BCUT2D eigenvalue weighted by Gasteiger charge is 2.65. The average Bonchev–Trinajstić information content (AvgIpc) is 2.50. The lowest BCUT2D eigenvalue weighted by molar-refractivity contribution is -0.206. The Bertz CT molecular complexity index is 529. The Kier molecular flexibility index (Phi) is 3.85. The third-order valence-corrected chi connectivity index (χ3v) is 7.88. The van der Waals surface area contributed by atoms with E-state index in [9.17, 15) is 15.0 Å². The molecule has 6 atom stereocenters. The highest BCUT2D eigenvalue weighted by Crippen LogP contribution is 2.65. The van der Waals surface area contributed by atoms with Crippen LogP contribution in [0.4, 0.5) is 0 Å². The van der Waals surface area contributed by atoms with Crippen molar-refractivity contribution in [2.24, 2.45) is 28.1 Å². The molecule has 3 aliphatic carbocycles. The van der Waals surface area contributed by atoms with Gasteiger partial charge in [-0.05, 0) is 54.3 Å². The molecule has 0 aromatic heterocycles. The van der Waals surface area contributed by atoms with Gasteiger partial charge in [-0.2, -0.15) is 0 Å². The molecule has 0 unspecified atom stereocenters. The first-order valence-corrected chi connectivity index (χ1v) is 9.14. The second-order valence-corrected chi connectivity index (χ2v) is 9.40. The van der Waals surface area contributed by atoms with Gasteiger partial charge in [0.05, 0.1) is 0 Å².